The van der Waals surface area contributed by atoms with Gasteiger partial charge in [-0.25, -0.2) is 4.39 Å². The quantitative estimate of drug-likeness (QED) is 0.314. The van der Waals surface area contributed by atoms with Crippen LogP contribution in [0.2, 0.25) is 0 Å². The predicted octanol–water partition coefficient (Wildman–Crippen LogP) is 5.31. The zero-order chi connectivity index (χ0) is 25.2. The molecule has 0 spiro atoms. The zero-order valence-corrected chi connectivity index (χ0v) is 20.0. The van der Waals surface area contributed by atoms with Gasteiger partial charge in [0.05, 0.1) is 12.8 Å². The van der Waals surface area contributed by atoms with Crippen LogP contribution < -0.4 is 5.32 Å². The third kappa shape index (κ3) is 7.15. The number of nitrogens with one attached hydrogen (secondary N) is 1. The van der Waals surface area contributed by atoms with Gasteiger partial charge in [-0.1, -0.05) is 72.8 Å². The van der Waals surface area contributed by atoms with Crippen molar-refractivity contribution >= 4 is 11.8 Å². The molecule has 4 rings (SSSR count). The zero-order valence-electron chi connectivity index (χ0n) is 20.0. The molecule has 2 amide bonds. The van der Waals surface area contributed by atoms with E-state index < -0.39 is 6.04 Å². The Morgan fingerprint density at radius 3 is 2.11 bits per heavy atom. The lowest BCUT2D eigenvalue weighted by Gasteiger charge is -2.31. The molecule has 184 valence electrons. The number of carbonyl (C=O) groups excluding carboxylic acids is 2. The minimum atomic E-state index is -0.754. The van der Waals surface area contributed by atoms with E-state index >= 15 is 0 Å². The lowest BCUT2D eigenvalue weighted by molar-refractivity contribution is -0.141. The van der Waals surface area contributed by atoms with Gasteiger partial charge in [0.15, 0.2) is 0 Å². The van der Waals surface area contributed by atoms with E-state index in [0.29, 0.717) is 18.6 Å². The van der Waals surface area contributed by atoms with Gasteiger partial charge in [-0.2, -0.15) is 0 Å². The van der Waals surface area contributed by atoms with Crippen molar-refractivity contribution in [2.45, 2.75) is 38.4 Å². The molecule has 1 atom stereocenters. The van der Waals surface area contributed by atoms with Gasteiger partial charge in [0.2, 0.25) is 11.8 Å². The fourth-order valence-corrected chi connectivity index (χ4v) is 4.09. The molecule has 1 aromatic heterocycles. The topological polar surface area (TPSA) is 62.6 Å². The second-order valence-electron chi connectivity index (χ2n) is 8.64. The first-order chi connectivity index (χ1) is 17.6. The van der Waals surface area contributed by atoms with Crippen LogP contribution in [0.1, 0.15) is 28.9 Å². The van der Waals surface area contributed by atoms with Crippen LogP contribution in [-0.4, -0.2) is 22.8 Å². The second-order valence-corrected chi connectivity index (χ2v) is 8.64. The van der Waals surface area contributed by atoms with Crippen molar-refractivity contribution in [1.29, 1.82) is 0 Å². The van der Waals surface area contributed by atoms with Crippen molar-refractivity contribution in [3.05, 3.63) is 132 Å². The molecule has 0 bridgehead atoms. The van der Waals surface area contributed by atoms with E-state index in [-0.39, 0.29) is 37.1 Å². The van der Waals surface area contributed by atoms with Crippen LogP contribution in [0.15, 0.2) is 108 Å². The number of benzene rings is 3. The molecule has 0 aliphatic carbocycles. The summed E-state index contributed by atoms with van der Waals surface area (Å²) in [4.78, 5) is 28.7. The van der Waals surface area contributed by atoms with Crippen LogP contribution in [0.5, 0.6) is 0 Å². The molecule has 4 aromatic rings. The van der Waals surface area contributed by atoms with E-state index in [1.807, 2.05) is 60.7 Å². The summed E-state index contributed by atoms with van der Waals surface area (Å²) in [5, 5.41) is 2.92. The molecular formula is C30H29FN2O3. The summed E-state index contributed by atoms with van der Waals surface area (Å²) in [5.41, 5.74) is 2.74. The van der Waals surface area contributed by atoms with Crippen molar-refractivity contribution in [2.75, 3.05) is 0 Å². The lowest BCUT2D eigenvalue weighted by Crippen LogP contribution is -2.50. The molecule has 0 saturated carbocycles. The summed E-state index contributed by atoms with van der Waals surface area (Å²) in [6.45, 7) is 0.416. The van der Waals surface area contributed by atoms with Gasteiger partial charge < -0.3 is 14.6 Å². The number of nitrogens with zero attached hydrogens (tertiary/aromatic N) is 1. The third-order valence-corrected chi connectivity index (χ3v) is 6.02. The molecule has 3 aromatic carbocycles. The first kappa shape index (κ1) is 24.9. The van der Waals surface area contributed by atoms with Crippen molar-refractivity contribution in [3.8, 4) is 0 Å². The molecule has 36 heavy (non-hydrogen) atoms. The Kier molecular flexibility index (Phi) is 8.65. The molecule has 0 radical (unpaired) electrons. The van der Waals surface area contributed by atoms with Gasteiger partial charge in [0.1, 0.15) is 17.6 Å². The molecule has 6 heteroatoms. The van der Waals surface area contributed by atoms with Gasteiger partial charge in [0, 0.05) is 19.4 Å². The normalized spacial score (nSPS) is 11.6. The third-order valence-electron chi connectivity index (χ3n) is 6.02. The highest BCUT2D eigenvalue weighted by Gasteiger charge is 2.30. The Hall–Kier alpha value is -4.19. The largest absolute Gasteiger partial charge is 0.467 e. The molecule has 0 fully saturated rings. The first-order valence-corrected chi connectivity index (χ1v) is 12.0. The number of hydrogen-bond donors (Lipinski definition) is 1. The highest BCUT2D eigenvalue weighted by atomic mass is 19.1. The highest BCUT2D eigenvalue weighted by molar-refractivity contribution is 5.88. The second kappa shape index (κ2) is 12.5. The number of rotatable bonds is 11. The fraction of sp³-hybridized carbons (Fsp3) is 0.200. The Labute approximate surface area is 210 Å². The van der Waals surface area contributed by atoms with E-state index in [9.17, 15) is 14.0 Å². The lowest BCUT2D eigenvalue weighted by atomic mass is 10.0. The Balaban J connectivity index is 1.60. The van der Waals surface area contributed by atoms with Gasteiger partial charge in [-0.15, -0.1) is 0 Å². The van der Waals surface area contributed by atoms with Crippen LogP contribution >= 0.6 is 0 Å². The maximum atomic E-state index is 13.6. The number of aryl methyl sites for hydroxylation is 1. The SMILES string of the molecule is O=C(NCc1ccco1)C(Cc1ccccc1)N(Cc1ccc(F)cc1)C(=O)CCc1ccccc1. The van der Waals surface area contributed by atoms with Gasteiger partial charge in [0.25, 0.3) is 0 Å². The van der Waals surface area contributed by atoms with Gasteiger partial charge in [-0.3, -0.25) is 9.59 Å². The smallest absolute Gasteiger partial charge is 0.243 e. The number of carbonyl (C=O) groups is 2. The van der Waals surface area contributed by atoms with Gasteiger partial charge >= 0.3 is 0 Å². The number of amides is 2. The van der Waals surface area contributed by atoms with Crippen LogP contribution in [0.3, 0.4) is 0 Å². The highest BCUT2D eigenvalue weighted by Crippen LogP contribution is 2.17. The molecule has 1 N–H and O–H groups in total. The summed E-state index contributed by atoms with van der Waals surface area (Å²) in [7, 11) is 0. The van der Waals surface area contributed by atoms with E-state index in [1.54, 1.807) is 35.4 Å². The molecule has 0 saturated heterocycles. The van der Waals surface area contributed by atoms with Crippen LogP contribution in [-0.2, 0) is 35.5 Å². The van der Waals surface area contributed by atoms with E-state index in [2.05, 4.69) is 5.32 Å². The average molecular weight is 485 g/mol. The van der Waals surface area contributed by atoms with Crippen molar-refractivity contribution in [1.82, 2.24) is 10.2 Å². The minimum absolute atomic E-state index is 0.141. The molecular weight excluding hydrogens is 455 g/mol. The maximum absolute atomic E-state index is 13.6. The summed E-state index contributed by atoms with van der Waals surface area (Å²) < 4.78 is 18.9. The molecule has 5 nitrogen and oxygen atoms in total. The van der Waals surface area contributed by atoms with Crippen molar-refractivity contribution in [2.24, 2.45) is 0 Å². The number of furan rings is 1. The number of halogens is 1. The molecule has 0 aliphatic rings. The fourth-order valence-electron chi connectivity index (χ4n) is 4.09. The summed E-state index contributed by atoms with van der Waals surface area (Å²) >= 11 is 0. The van der Waals surface area contributed by atoms with Crippen LogP contribution in [0, 0.1) is 5.82 Å². The summed E-state index contributed by atoms with van der Waals surface area (Å²) in [6.07, 6.45) is 2.72. The first-order valence-electron chi connectivity index (χ1n) is 12.0. The minimum Gasteiger partial charge on any atom is -0.467 e. The average Bonchev–Trinajstić information content (AvgIpc) is 3.44. The van der Waals surface area contributed by atoms with E-state index in [4.69, 9.17) is 4.42 Å². The Bertz CT molecular complexity index is 1230. The molecule has 1 unspecified atom stereocenters. The van der Waals surface area contributed by atoms with E-state index in [1.165, 1.54) is 12.1 Å². The van der Waals surface area contributed by atoms with Crippen LogP contribution in [0.4, 0.5) is 4.39 Å². The maximum Gasteiger partial charge on any atom is 0.243 e. The monoisotopic (exact) mass is 484 g/mol. The number of hydrogen-bond acceptors (Lipinski definition) is 3. The van der Waals surface area contributed by atoms with Crippen molar-refractivity contribution in [3.63, 3.8) is 0 Å². The molecule has 0 aliphatic heterocycles. The Morgan fingerprint density at radius 1 is 0.806 bits per heavy atom. The predicted molar refractivity (Wildman–Crippen MR) is 136 cm³/mol. The standard InChI is InChI=1S/C30H29FN2O3/c31-26-16-13-25(14-17-26)22-33(29(34)18-15-23-8-3-1-4-9-23)28(20-24-10-5-2-6-11-24)30(35)32-21-27-12-7-19-36-27/h1-14,16-17,19,28H,15,18,20-22H2,(H,32,35). The van der Waals surface area contributed by atoms with Gasteiger partial charge in [-0.05, 0) is 47.4 Å². The van der Waals surface area contributed by atoms with Crippen LogP contribution in [0.25, 0.3) is 0 Å². The van der Waals surface area contributed by atoms with E-state index in [0.717, 1.165) is 16.7 Å². The Morgan fingerprint density at radius 2 is 1.47 bits per heavy atom. The van der Waals surface area contributed by atoms with Crippen molar-refractivity contribution < 1.29 is 18.4 Å². The molecule has 1 heterocycles. The summed E-state index contributed by atoms with van der Waals surface area (Å²) in [5.74, 6) is -0.136. The summed E-state index contributed by atoms with van der Waals surface area (Å²) in [6, 6.07) is 28.2.